The van der Waals surface area contributed by atoms with Gasteiger partial charge in [-0.15, -0.1) is 0 Å². The van der Waals surface area contributed by atoms with Gasteiger partial charge in [-0.2, -0.15) is 0 Å². The Hall–Kier alpha value is -4.72. The average molecular weight is 533 g/mol. The Balaban J connectivity index is 1.31. The fourth-order valence-corrected chi connectivity index (χ4v) is 5.63. The molecule has 0 amide bonds. The number of carboxylic acids is 1. The smallest absolute Gasteiger partial charge is 0.332 e. The highest BCUT2D eigenvalue weighted by Gasteiger charge is 2.29. The first-order chi connectivity index (χ1) is 19.0. The van der Waals surface area contributed by atoms with Gasteiger partial charge in [-0.1, -0.05) is 103 Å². The van der Waals surface area contributed by atoms with Crippen LogP contribution in [0.25, 0.3) is 44.2 Å². The number of carboxylic acid groups (broad SMARTS) is 1. The van der Waals surface area contributed by atoms with E-state index in [-0.39, 0.29) is 5.69 Å². The Morgan fingerprint density at radius 2 is 1.31 bits per heavy atom. The van der Waals surface area contributed by atoms with Crippen LogP contribution in [0.4, 0.5) is 5.69 Å². The molecule has 0 saturated heterocycles. The van der Waals surface area contributed by atoms with E-state index in [9.17, 15) is 18.7 Å². The van der Waals surface area contributed by atoms with Crippen molar-refractivity contribution < 1.29 is 23.1 Å². The maximum atomic E-state index is 12.2. The topological polar surface area (TPSA) is 93.8 Å². The molecule has 1 N–H and O–H groups in total. The van der Waals surface area contributed by atoms with Gasteiger partial charge in [0.2, 0.25) is 0 Å². The summed E-state index contributed by atoms with van der Waals surface area (Å²) in [6.07, 6.45) is 0. The molecule has 0 fully saturated rings. The number of benzene rings is 5. The van der Waals surface area contributed by atoms with Crippen molar-refractivity contribution in [2.45, 2.75) is 6.04 Å². The van der Waals surface area contributed by atoms with E-state index in [1.165, 1.54) is 0 Å². The van der Waals surface area contributed by atoms with Gasteiger partial charge in [0.05, 0.1) is 0 Å². The van der Waals surface area contributed by atoms with Crippen LogP contribution in [0, 0.1) is 0 Å². The molecule has 1 heterocycles. The quantitative estimate of drug-likeness (QED) is 0.217. The number of hydrogen-bond acceptors (Lipinski definition) is 4. The van der Waals surface area contributed by atoms with Crippen LogP contribution in [0.2, 0.25) is 0 Å². The lowest BCUT2D eigenvalue weighted by atomic mass is 9.98. The maximum Gasteiger partial charge on any atom is 0.332 e. The van der Waals surface area contributed by atoms with Crippen molar-refractivity contribution in [3.63, 3.8) is 0 Å². The zero-order valence-electron chi connectivity index (χ0n) is 20.6. The minimum atomic E-state index is -2.81. The highest BCUT2D eigenvalue weighted by atomic mass is 32.2. The van der Waals surface area contributed by atoms with Crippen LogP contribution in [0.5, 0.6) is 0 Å². The molecule has 0 bridgehead atoms. The third-order valence-electron chi connectivity index (χ3n) is 6.80. The van der Waals surface area contributed by atoms with E-state index in [4.69, 9.17) is 4.42 Å². The summed E-state index contributed by atoms with van der Waals surface area (Å²) >= 11 is -2.81. The largest absolute Gasteiger partial charge is 0.755 e. The molecule has 39 heavy (non-hydrogen) atoms. The third-order valence-corrected chi connectivity index (χ3v) is 7.54. The van der Waals surface area contributed by atoms with Crippen molar-refractivity contribution in [3.8, 4) is 22.3 Å². The Bertz CT molecular complexity index is 1810. The van der Waals surface area contributed by atoms with E-state index in [0.717, 1.165) is 48.5 Å². The molecule has 2 atom stereocenters. The average Bonchev–Trinajstić information content (AvgIpc) is 3.35. The monoisotopic (exact) mass is 532 g/mol. The van der Waals surface area contributed by atoms with Crippen molar-refractivity contribution in [3.05, 3.63) is 127 Å². The van der Waals surface area contributed by atoms with E-state index in [1.54, 1.807) is 54.6 Å². The summed E-state index contributed by atoms with van der Waals surface area (Å²) < 4.78 is 31.4. The van der Waals surface area contributed by atoms with Gasteiger partial charge in [0.15, 0.2) is 6.04 Å². The lowest BCUT2D eigenvalue weighted by Gasteiger charge is -2.32. The minimum absolute atomic E-state index is 0.261. The first kappa shape index (κ1) is 24.6. The predicted octanol–water partition coefficient (Wildman–Crippen LogP) is 7.35. The van der Waals surface area contributed by atoms with Gasteiger partial charge in [-0.3, -0.25) is 8.51 Å². The molecule has 0 spiro atoms. The lowest BCUT2D eigenvalue weighted by molar-refractivity contribution is -0.138. The van der Waals surface area contributed by atoms with Crippen LogP contribution in [-0.2, 0) is 16.1 Å². The van der Waals surface area contributed by atoms with Crippen LogP contribution < -0.4 is 4.31 Å². The number of rotatable bonds is 7. The Labute approximate surface area is 227 Å². The summed E-state index contributed by atoms with van der Waals surface area (Å²) in [6.45, 7) is 0. The van der Waals surface area contributed by atoms with E-state index in [0.29, 0.717) is 5.56 Å². The summed E-state index contributed by atoms with van der Waals surface area (Å²) in [6, 6.07) is 35.9. The molecule has 1 aromatic heterocycles. The molecular weight excluding hydrogens is 510 g/mol. The van der Waals surface area contributed by atoms with Crippen LogP contribution in [0.3, 0.4) is 0 Å². The lowest BCUT2D eigenvalue weighted by Crippen LogP contribution is -2.35. The van der Waals surface area contributed by atoms with Gasteiger partial charge in [0, 0.05) is 33.3 Å². The molecular formula is C32H22NO5S-. The third kappa shape index (κ3) is 4.58. The van der Waals surface area contributed by atoms with Crippen LogP contribution >= 0.6 is 0 Å². The molecule has 0 aliphatic carbocycles. The molecule has 0 aliphatic rings. The molecule has 5 aromatic carbocycles. The molecule has 7 heteroatoms. The summed E-state index contributed by atoms with van der Waals surface area (Å²) in [7, 11) is 0. The number of nitrogens with zero attached hydrogens (tertiary/aromatic N) is 1. The zero-order chi connectivity index (χ0) is 26.9. The molecule has 6 nitrogen and oxygen atoms in total. The first-order valence-corrected chi connectivity index (χ1v) is 13.3. The van der Waals surface area contributed by atoms with Crippen molar-refractivity contribution in [2.75, 3.05) is 4.31 Å². The van der Waals surface area contributed by atoms with E-state index < -0.39 is 23.3 Å². The highest BCUT2D eigenvalue weighted by molar-refractivity contribution is 7.80. The number of aliphatic carboxylic acids is 1. The van der Waals surface area contributed by atoms with Crippen LogP contribution in [0.1, 0.15) is 11.6 Å². The number of para-hydroxylation sites is 2. The SMILES string of the molecule is O=C(O)C(c1ccccc1)N(c1ccc(-c2ccc(-c3cccc4c3oc3ccccc34)cc2)cc1)S(=O)[O-]. The number of fused-ring (bicyclic) bond motifs is 3. The van der Waals surface area contributed by atoms with Crippen molar-refractivity contribution in [1.82, 2.24) is 0 Å². The first-order valence-electron chi connectivity index (χ1n) is 12.3. The molecule has 0 saturated carbocycles. The number of furan rings is 1. The van der Waals surface area contributed by atoms with Crippen molar-refractivity contribution in [2.24, 2.45) is 0 Å². The highest BCUT2D eigenvalue weighted by Crippen LogP contribution is 2.37. The van der Waals surface area contributed by atoms with Crippen LogP contribution in [-0.4, -0.2) is 19.8 Å². The molecule has 2 unspecified atom stereocenters. The van der Waals surface area contributed by atoms with Crippen LogP contribution in [0.15, 0.2) is 126 Å². The van der Waals surface area contributed by atoms with Crippen molar-refractivity contribution in [1.29, 1.82) is 0 Å². The second kappa shape index (κ2) is 10.2. The fraction of sp³-hybridized carbons (Fsp3) is 0.0312. The van der Waals surface area contributed by atoms with Gasteiger partial charge >= 0.3 is 5.97 Å². The normalized spacial score (nSPS) is 12.8. The Morgan fingerprint density at radius 3 is 1.97 bits per heavy atom. The second-order valence-corrected chi connectivity index (χ2v) is 9.93. The second-order valence-electron chi connectivity index (χ2n) is 9.10. The minimum Gasteiger partial charge on any atom is -0.755 e. The van der Waals surface area contributed by atoms with Gasteiger partial charge in [-0.05, 0) is 40.5 Å². The predicted molar refractivity (Wildman–Crippen MR) is 153 cm³/mol. The van der Waals surface area contributed by atoms with Gasteiger partial charge in [-0.25, -0.2) is 4.79 Å². The molecule has 6 rings (SSSR count). The summed E-state index contributed by atoms with van der Waals surface area (Å²) in [4.78, 5) is 12.1. The standard InChI is InChI=1S/C32H23NO5S/c34-32(35)30(24-7-2-1-3-8-24)33(39(36)37)25-19-17-22(18-20-25)21-13-15-23(16-14-21)26-10-6-11-28-27-9-4-5-12-29(27)38-31(26)28/h1-20,30H,(H,34,35)(H,36,37)/p-1. The Kier molecular flexibility index (Phi) is 6.44. The number of hydrogen-bond donors (Lipinski definition) is 1. The van der Waals surface area contributed by atoms with Gasteiger partial charge < -0.3 is 14.1 Å². The fourth-order valence-electron chi connectivity index (χ4n) is 4.95. The number of carbonyl (C=O) groups is 1. The molecule has 192 valence electrons. The van der Waals surface area contributed by atoms with E-state index in [2.05, 4.69) is 12.1 Å². The van der Waals surface area contributed by atoms with E-state index >= 15 is 0 Å². The summed E-state index contributed by atoms with van der Waals surface area (Å²) in [5.74, 6) is -1.26. The molecule has 0 radical (unpaired) electrons. The molecule has 6 aromatic rings. The summed E-state index contributed by atoms with van der Waals surface area (Å²) in [5, 5.41) is 12.0. The van der Waals surface area contributed by atoms with Gasteiger partial charge in [0.1, 0.15) is 11.2 Å². The summed E-state index contributed by atoms with van der Waals surface area (Å²) in [5.41, 5.74) is 6.14. The van der Waals surface area contributed by atoms with E-state index in [1.807, 2.05) is 54.6 Å². The number of anilines is 1. The zero-order valence-corrected chi connectivity index (χ0v) is 21.4. The maximum absolute atomic E-state index is 12.2. The van der Waals surface area contributed by atoms with Crippen molar-refractivity contribution >= 4 is 44.9 Å². The van der Waals surface area contributed by atoms with Gasteiger partial charge in [0.25, 0.3) is 0 Å². The Morgan fingerprint density at radius 1 is 0.718 bits per heavy atom. The molecule has 0 aliphatic heterocycles.